The van der Waals surface area contributed by atoms with E-state index in [1.807, 2.05) is 0 Å². The number of pyridine rings is 1. The molecule has 2 heterocycles. The molecule has 0 spiro atoms. The topological polar surface area (TPSA) is 43.1 Å². The minimum absolute atomic E-state index is 0.0568. The van der Waals surface area contributed by atoms with Gasteiger partial charge in [-0.05, 0) is 22.6 Å². The van der Waals surface area contributed by atoms with E-state index in [1.54, 1.807) is 24.3 Å². The van der Waals surface area contributed by atoms with Gasteiger partial charge in [-0.2, -0.15) is 4.52 Å². The zero-order valence-electron chi connectivity index (χ0n) is 7.35. The highest BCUT2D eigenvalue weighted by atomic mass is 35.5. The molecule has 0 N–H and O–H groups in total. The number of rotatable bonds is 0. The van der Waals surface area contributed by atoms with Crippen LogP contribution in [0, 0.1) is 5.82 Å². The quantitative estimate of drug-likeness (QED) is 0.585. The van der Waals surface area contributed by atoms with Gasteiger partial charge in [0.25, 0.3) is 0 Å². The molecule has 0 saturated heterocycles. The summed E-state index contributed by atoms with van der Waals surface area (Å²) < 4.78 is 15.2. The van der Waals surface area contributed by atoms with Gasteiger partial charge in [0.2, 0.25) is 5.65 Å². The smallest absolute Gasteiger partial charge is 0.201 e. The van der Waals surface area contributed by atoms with E-state index in [2.05, 4.69) is 15.5 Å². The Morgan fingerprint density at radius 3 is 2.93 bits per heavy atom. The Balaban J connectivity index is 2.70. The maximum absolute atomic E-state index is 13.8. The zero-order valence-corrected chi connectivity index (χ0v) is 8.11. The van der Waals surface area contributed by atoms with E-state index in [0.29, 0.717) is 10.9 Å². The summed E-state index contributed by atoms with van der Waals surface area (Å²) in [6.45, 7) is 0. The lowest BCUT2D eigenvalue weighted by molar-refractivity contribution is 0.639. The van der Waals surface area contributed by atoms with E-state index < -0.39 is 5.82 Å². The van der Waals surface area contributed by atoms with Crippen molar-refractivity contribution in [1.82, 2.24) is 20.0 Å². The molecule has 1 aromatic carbocycles. The SMILES string of the molecule is Fc1c(Cl)c2nnnn2c2ccccc12. The average Bonchev–Trinajstić information content (AvgIpc) is 2.75. The first-order valence-corrected chi connectivity index (χ1v) is 4.60. The third-order valence-corrected chi connectivity index (χ3v) is 2.56. The maximum atomic E-state index is 13.8. The van der Waals surface area contributed by atoms with Gasteiger partial charge < -0.3 is 0 Å². The fraction of sp³-hybridized carbons (Fsp3) is 0. The number of tetrazole rings is 1. The molecular formula is C9H4ClFN4. The van der Waals surface area contributed by atoms with Crippen LogP contribution in [0.3, 0.4) is 0 Å². The number of fused-ring (bicyclic) bond motifs is 3. The van der Waals surface area contributed by atoms with Gasteiger partial charge in [-0.3, -0.25) is 0 Å². The molecule has 0 aliphatic rings. The number of para-hydroxylation sites is 1. The van der Waals surface area contributed by atoms with Crippen molar-refractivity contribution in [3.05, 3.63) is 35.1 Å². The normalized spacial score (nSPS) is 11.3. The number of benzene rings is 1. The third kappa shape index (κ3) is 1.04. The molecule has 0 aliphatic carbocycles. The standard InChI is InChI=1S/C9H4ClFN4/c10-7-8(11)5-3-1-2-4-6(5)15-9(7)12-13-14-15/h1-4H. The lowest BCUT2D eigenvalue weighted by Crippen LogP contribution is -1.94. The molecule has 0 atom stereocenters. The second kappa shape index (κ2) is 2.87. The largest absolute Gasteiger partial charge is 0.204 e. The van der Waals surface area contributed by atoms with Crippen LogP contribution >= 0.6 is 11.6 Å². The number of nitrogens with zero attached hydrogens (tertiary/aromatic N) is 4. The molecule has 0 saturated carbocycles. The van der Waals surface area contributed by atoms with Crippen molar-refractivity contribution in [2.45, 2.75) is 0 Å². The zero-order chi connectivity index (χ0) is 10.4. The summed E-state index contributed by atoms with van der Waals surface area (Å²) in [6.07, 6.45) is 0. The fourth-order valence-corrected chi connectivity index (χ4v) is 1.77. The molecule has 3 aromatic rings. The Labute approximate surface area is 88.3 Å². The van der Waals surface area contributed by atoms with E-state index in [9.17, 15) is 4.39 Å². The maximum Gasteiger partial charge on any atom is 0.201 e. The van der Waals surface area contributed by atoms with Crippen molar-refractivity contribution in [3.8, 4) is 0 Å². The minimum atomic E-state index is -0.491. The Bertz CT molecular complexity index is 664. The van der Waals surface area contributed by atoms with E-state index in [1.165, 1.54) is 4.52 Å². The summed E-state index contributed by atoms with van der Waals surface area (Å²) in [7, 11) is 0. The van der Waals surface area contributed by atoms with E-state index in [0.717, 1.165) is 0 Å². The van der Waals surface area contributed by atoms with Crippen molar-refractivity contribution in [3.63, 3.8) is 0 Å². The van der Waals surface area contributed by atoms with Gasteiger partial charge >= 0.3 is 0 Å². The first-order valence-electron chi connectivity index (χ1n) is 4.23. The molecule has 74 valence electrons. The molecule has 0 bridgehead atoms. The first kappa shape index (κ1) is 8.55. The molecule has 2 aromatic heterocycles. The molecule has 15 heavy (non-hydrogen) atoms. The van der Waals surface area contributed by atoms with Gasteiger partial charge in [0.1, 0.15) is 5.02 Å². The van der Waals surface area contributed by atoms with Crippen molar-refractivity contribution in [1.29, 1.82) is 0 Å². The van der Waals surface area contributed by atoms with Gasteiger partial charge in [0.05, 0.1) is 5.52 Å². The van der Waals surface area contributed by atoms with Crippen LogP contribution in [0.5, 0.6) is 0 Å². The highest BCUT2D eigenvalue weighted by Crippen LogP contribution is 2.26. The van der Waals surface area contributed by atoms with Crippen LogP contribution in [0.1, 0.15) is 0 Å². The van der Waals surface area contributed by atoms with E-state index >= 15 is 0 Å². The van der Waals surface area contributed by atoms with Crippen molar-refractivity contribution in [2.75, 3.05) is 0 Å². The third-order valence-electron chi connectivity index (χ3n) is 2.23. The van der Waals surface area contributed by atoms with Crippen LogP contribution in [0.25, 0.3) is 16.6 Å². The van der Waals surface area contributed by atoms with E-state index in [-0.39, 0.29) is 10.7 Å². The average molecular weight is 223 g/mol. The van der Waals surface area contributed by atoms with Crippen molar-refractivity contribution in [2.24, 2.45) is 0 Å². The Morgan fingerprint density at radius 1 is 1.27 bits per heavy atom. The summed E-state index contributed by atoms with van der Waals surface area (Å²) >= 11 is 5.81. The predicted molar refractivity (Wildman–Crippen MR) is 53.3 cm³/mol. The van der Waals surface area contributed by atoms with Gasteiger partial charge in [0, 0.05) is 5.39 Å². The Morgan fingerprint density at radius 2 is 2.07 bits per heavy atom. The molecule has 0 unspecified atom stereocenters. The van der Waals surface area contributed by atoms with Crippen LogP contribution in [0.15, 0.2) is 24.3 Å². The predicted octanol–water partition coefficient (Wildman–Crippen LogP) is 2.07. The monoisotopic (exact) mass is 222 g/mol. The summed E-state index contributed by atoms with van der Waals surface area (Å²) in [5.41, 5.74) is 0.826. The van der Waals surface area contributed by atoms with Gasteiger partial charge in [-0.15, -0.1) is 5.10 Å². The van der Waals surface area contributed by atoms with Gasteiger partial charge in [-0.25, -0.2) is 4.39 Å². The first-order chi connectivity index (χ1) is 7.29. The Hall–Kier alpha value is -1.75. The fourth-order valence-electron chi connectivity index (χ4n) is 1.55. The number of aromatic nitrogens is 4. The van der Waals surface area contributed by atoms with Crippen LogP contribution < -0.4 is 0 Å². The number of hydrogen-bond donors (Lipinski definition) is 0. The van der Waals surface area contributed by atoms with E-state index in [4.69, 9.17) is 11.6 Å². The number of halogens is 2. The molecule has 6 heteroatoms. The van der Waals surface area contributed by atoms with Crippen LogP contribution in [0.2, 0.25) is 5.02 Å². The second-order valence-electron chi connectivity index (χ2n) is 3.06. The Kier molecular flexibility index (Phi) is 1.63. The lowest BCUT2D eigenvalue weighted by Gasteiger charge is -2.02. The molecule has 4 nitrogen and oxygen atoms in total. The van der Waals surface area contributed by atoms with Crippen LogP contribution in [0.4, 0.5) is 4.39 Å². The van der Waals surface area contributed by atoms with Crippen molar-refractivity contribution < 1.29 is 4.39 Å². The van der Waals surface area contributed by atoms with Crippen molar-refractivity contribution >= 4 is 28.2 Å². The highest BCUT2D eigenvalue weighted by molar-refractivity contribution is 6.34. The molecular weight excluding hydrogens is 219 g/mol. The van der Waals surface area contributed by atoms with Crippen LogP contribution in [-0.2, 0) is 0 Å². The minimum Gasteiger partial charge on any atom is -0.204 e. The van der Waals surface area contributed by atoms with Crippen LogP contribution in [-0.4, -0.2) is 20.0 Å². The summed E-state index contributed by atoms with van der Waals surface area (Å²) in [5, 5.41) is 11.2. The molecule has 0 fully saturated rings. The molecule has 0 amide bonds. The highest BCUT2D eigenvalue weighted by Gasteiger charge is 2.14. The molecule has 0 aliphatic heterocycles. The van der Waals surface area contributed by atoms with Gasteiger partial charge in [0.15, 0.2) is 5.82 Å². The summed E-state index contributed by atoms with van der Waals surface area (Å²) in [5.74, 6) is -0.491. The molecule has 0 radical (unpaired) electrons. The summed E-state index contributed by atoms with van der Waals surface area (Å²) in [4.78, 5) is 0. The molecule has 3 rings (SSSR count). The second-order valence-corrected chi connectivity index (χ2v) is 3.44. The number of hydrogen-bond acceptors (Lipinski definition) is 3. The summed E-state index contributed by atoms with van der Waals surface area (Å²) in [6, 6.07) is 6.89. The lowest BCUT2D eigenvalue weighted by atomic mass is 10.2. The van der Waals surface area contributed by atoms with Gasteiger partial charge in [-0.1, -0.05) is 23.7 Å².